The number of amides is 2. The van der Waals surface area contributed by atoms with E-state index in [1.807, 2.05) is 0 Å². The van der Waals surface area contributed by atoms with Gasteiger partial charge in [0.1, 0.15) is 22.9 Å². The number of hydrogen-bond donors (Lipinski definition) is 1. The van der Waals surface area contributed by atoms with Crippen molar-refractivity contribution >= 4 is 40.4 Å². The molecule has 3 aromatic carbocycles. The summed E-state index contributed by atoms with van der Waals surface area (Å²) >= 11 is 6.04. The number of nitrogens with zero attached hydrogens (tertiary/aromatic N) is 1. The molecule has 0 aromatic heterocycles. The van der Waals surface area contributed by atoms with Gasteiger partial charge in [-0.2, -0.15) is 0 Å². The normalized spacial score (nSPS) is 13.4. The Kier molecular flexibility index (Phi) is 6.24. The number of imide groups is 1. The summed E-state index contributed by atoms with van der Waals surface area (Å²) in [7, 11) is 4.61. The van der Waals surface area contributed by atoms with Gasteiger partial charge in [0, 0.05) is 11.1 Å². The Labute approximate surface area is 196 Å². The lowest BCUT2D eigenvalue weighted by molar-refractivity contribution is -0.120. The van der Waals surface area contributed by atoms with Crippen molar-refractivity contribution in [2.45, 2.75) is 0 Å². The molecule has 7 nitrogen and oxygen atoms in total. The summed E-state index contributed by atoms with van der Waals surface area (Å²) in [6.07, 6.45) is 0. The van der Waals surface area contributed by atoms with Crippen LogP contribution < -0.4 is 24.4 Å². The highest BCUT2D eigenvalue weighted by atomic mass is 35.5. The van der Waals surface area contributed by atoms with Crippen LogP contribution in [0.2, 0.25) is 5.02 Å². The first kappa shape index (κ1) is 22.2. The van der Waals surface area contributed by atoms with Gasteiger partial charge in [-0.1, -0.05) is 23.7 Å². The summed E-state index contributed by atoms with van der Waals surface area (Å²) < 4.78 is 15.9. The minimum absolute atomic E-state index is 0.126. The summed E-state index contributed by atoms with van der Waals surface area (Å²) in [5.41, 5.74) is 1.85. The second-order valence-electron chi connectivity index (χ2n) is 7.09. The van der Waals surface area contributed by atoms with Crippen LogP contribution in [-0.4, -0.2) is 33.1 Å². The summed E-state index contributed by atoms with van der Waals surface area (Å²) in [5.74, 6) is 0.721. The number of methoxy groups -OCH3 is 3. The minimum Gasteiger partial charge on any atom is -0.497 e. The average Bonchev–Trinajstić information content (AvgIpc) is 3.09. The number of carbonyl (C=O) groups is 2. The van der Waals surface area contributed by atoms with Gasteiger partial charge in [0.25, 0.3) is 11.8 Å². The monoisotopic (exact) mass is 464 g/mol. The molecule has 0 saturated carbocycles. The highest BCUT2D eigenvalue weighted by Gasteiger charge is 2.40. The van der Waals surface area contributed by atoms with E-state index in [1.54, 1.807) is 80.9 Å². The first-order valence-electron chi connectivity index (χ1n) is 9.99. The number of rotatable bonds is 7. The van der Waals surface area contributed by atoms with Gasteiger partial charge in [0.05, 0.1) is 38.3 Å². The van der Waals surface area contributed by atoms with Gasteiger partial charge in [0.15, 0.2) is 0 Å². The van der Waals surface area contributed by atoms with E-state index in [0.717, 1.165) is 4.90 Å². The Morgan fingerprint density at radius 3 is 2.00 bits per heavy atom. The van der Waals surface area contributed by atoms with Crippen molar-refractivity contribution in [1.29, 1.82) is 0 Å². The minimum atomic E-state index is -0.493. The van der Waals surface area contributed by atoms with E-state index in [2.05, 4.69) is 5.32 Å². The zero-order valence-electron chi connectivity index (χ0n) is 18.2. The molecule has 168 valence electrons. The number of hydrogen-bond acceptors (Lipinski definition) is 6. The molecule has 3 aromatic rings. The van der Waals surface area contributed by atoms with Crippen LogP contribution in [0.25, 0.3) is 5.57 Å². The number of anilines is 2. The zero-order valence-corrected chi connectivity index (χ0v) is 19.0. The number of benzene rings is 3. The molecule has 0 aliphatic carbocycles. The zero-order chi connectivity index (χ0) is 23.5. The van der Waals surface area contributed by atoms with Crippen LogP contribution in [0.1, 0.15) is 5.56 Å². The summed E-state index contributed by atoms with van der Waals surface area (Å²) in [5, 5.41) is 3.63. The second-order valence-corrected chi connectivity index (χ2v) is 7.53. The molecule has 0 unspecified atom stereocenters. The lowest BCUT2D eigenvalue weighted by Gasteiger charge is -2.16. The van der Waals surface area contributed by atoms with E-state index < -0.39 is 11.8 Å². The molecule has 0 fully saturated rings. The van der Waals surface area contributed by atoms with Crippen molar-refractivity contribution in [3.63, 3.8) is 0 Å². The predicted molar refractivity (Wildman–Crippen MR) is 127 cm³/mol. The third-order valence-electron chi connectivity index (χ3n) is 5.22. The quantitative estimate of drug-likeness (QED) is 0.508. The number of ether oxygens (including phenoxy) is 3. The third kappa shape index (κ3) is 4.23. The van der Waals surface area contributed by atoms with Gasteiger partial charge < -0.3 is 19.5 Å². The highest BCUT2D eigenvalue weighted by molar-refractivity contribution is 6.46. The molecular formula is C25H21ClN2O5. The third-order valence-corrected chi connectivity index (χ3v) is 5.47. The lowest BCUT2D eigenvalue weighted by atomic mass is 10.0. The van der Waals surface area contributed by atoms with Crippen molar-refractivity contribution < 1.29 is 23.8 Å². The smallest absolute Gasteiger partial charge is 0.282 e. The maximum absolute atomic E-state index is 13.5. The molecule has 1 aliphatic heterocycles. The van der Waals surface area contributed by atoms with Crippen LogP contribution in [0.4, 0.5) is 11.4 Å². The summed E-state index contributed by atoms with van der Waals surface area (Å²) in [6.45, 7) is 0. The van der Waals surface area contributed by atoms with Crippen LogP contribution in [0.15, 0.2) is 72.4 Å². The standard InChI is InChI=1S/C25H21ClN2O5/c1-31-18-10-8-17(9-11-18)28-24(29)22(15-4-6-16(26)7-5-15)23(25(28)30)27-20-13-12-19(32-2)14-21(20)33-3/h4-14,27H,1-3H3. The molecule has 8 heteroatoms. The topological polar surface area (TPSA) is 77.1 Å². The predicted octanol–water partition coefficient (Wildman–Crippen LogP) is 4.76. The van der Waals surface area contributed by atoms with E-state index >= 15 is 0 Å². The molecule has 0 atom stereocenters. The maximum atomic E-state index is 13.5. The Morgan fingerprint density at radius 1 is 0.758 bits per heavy atom. The van der Waals surface area contributed by atoms with E-state index in [0.29, 0.717) is 39.2 Å². The van der Waals surface area contributed by atoms with Gasteiger partial charge in [-0.05, 0) is 54.1 Å². The summed E-state index contributed by atoms with van der Waals surface area (Å²) in [6, 6.07) is 18.6. The van der Waals surface area contributed by atoms with E-state index in [-0.39, 0.29) is 11.3 Å². The van der Waals surface area contributed by atoms with Gasteiger partial charge in [-0.15, -0.1) is 0 Å². The Balaban J connectivity index is 1.81. The second kappa shape index (κ2) is 9.26. The van der Waals surface area contributed by atoms with Crippen LogP contribution >= 0.6 is 11.6 Å². The lowest BCUT2D eigenvalue weighted by Crippen LogP contribution is -2.32. The number of carbonyl (C=O) groups excluding carboxylic acids is 2. The molecular weight excluding hydrogens is 444 g/mol. The van der Waals surface area contributed by atoms with Gasteiger partial charge in [0.2, 0.25) is 0 Å². The van der Waals surface area contributed by atoms with Gasteiger partial charge in [-0.25, -0.2) is 4.90 Å². The molecule has 0 saturated heterocycles. The maximum Gasteiger partial charge on any atom is 0.282 e. The number of nitrogens with one attached hydrogen (secondary N) is 1. The van der Waals surface area contributed by atoms with Crippen LogP contribution in [0.5, 0.6) is 17.2 Å². The summed E-state index contributed by atoms with van der Waals surface area (Å²) in [4.78, 5) is 28.1. The molecule has 0 radical (unpaired) electrons. The van der Waals surface area contributed by atoms with Crippen LogP contribution in [0, 0.1) is 0 Å². The fourth-order valence-corrected chi connectivity index (χ4v) is 3.66. The SMILES string of the molecule is COc1ccc(N2C(=O)C(Nc3ccc(OC)cc3OC)=C(c3ccc(Cl)cc3)C2=O)cc1. The van der Waals surface area contributed by atoms with Crippen molar-refractivity contribution in [3.8, 4) is 17.2 Å². The van der Waals surface area contributed by atoms with Crippen molar-refractivity contribution in [1.82, 2.24) is 0 Å². The van der Waals surface area contributed by atoms with Crippen molar-refractivity contribution in [2.24, 2.45) is 0 Å². The molecule has 4 rings (SSSR count). The van der Waals surface area contributed by atoms with E-state index in [4.69, 9.17) is 25.8 Å². The number of halogens is 1. The molecule has 1 N–H and O–H groups in total. The van der Waals surface area contributed by atoms with E-state index in [9.17, 15) is 9.59 Å². The van der Waals surface area contributed by atoms with Gasteiger partial charge >= 0.3 is 0 Å². The van der Waals surface area contributed by atoms with Crippen LogP contribution in [0.3, 0.4) is 0 Å². The molecule has 0 bridgehead atoms. The average molecular weight is 465 g/mol. The Morgan fingerprint density at radius 2 is 1.39 bits per heavy atom. The Hall–Kier alpha value is -3.97. The Bertz CT molecular complexity index is 1240. The van der Waals surface area contributed by atoms with Crippen molar-refractivity contribution in [3.05, 3.63) is 83.0 Å². The van der Waals surface area contributed by atoms with E-state index in [1.165, 1.54) is 7.11 Å². The largest absolute Gasteiger partial charge is 0.497 e. The fourth-order valence-electron chi connectivity index (χ4n) is 3.53. The van der Waals surface area contributed by atoms with Gasteiger partial charge in [-0.3, -0.25) is 9.59 Å². The first-order chi connectivity index (χ1) is 16.0. The molecule has 2 amide bonds. The first-order valence-corrected chi connectivity index (χ1v) is 10.4. The molecule has 1 heterocycles. The fraction of sp³-hybridized carbons (Fsp3) is 0.120. The van der Waals surface area contributed by atoms with Crippen LogP contribution in [-0.2, 0) is 9.59 Å². The van der Waals surface area contributed by atoms with Crippen molar-refractivity contribution in [2.75, 3.05) is 31.5 Å². The molecule has 1 aliphatic rings. The molecule has 0 spiro atoms. The highest BCUT2D eigenvalue weighted by Crippen LogP contribution is 2.37. The molecule has 33 heavy (non-hydrogen) atoms.